The Kier molecular flexibility index (Phi) is 3.44. The molecule has 0 unspecified atom stereocenters. The number of nitrogens with one attached hydrogen (secondary N) is 1. The lowest BCUT2D eigenvalue weighted by Crippen LogP contribution is -2.06. The number of carboxylic acid groups (broad SMARTS) is 1. The van der Waals surface area contributed by atoms with E-state index in [1.165, 1.54) is 11.3 Å². The fraction of sp³-hybridized carbons (Fsp3) is 0.0909. The molecule has 2 rings (SSSR count). The summed E-state index contributed by atoms with van der Waals surface area (Å²) in [6, 6.07) is 5.49. The molecule has 0 bridgehead atoms. The normalized spacial score (nSPS) is 10.2. The number of hydrogen-bond acceptors (Lipinski definition) is 4. The molecule has 0 aliphatic carbocycles. The molecule has 0 fully saturated rings. The van der Waals surface area contributed by atoms with Gasteiger partial charge in [0.15, 0.2) is 0 Å². The molecule has 0 radical (unpaired) electrons. The number of carboxylic acids is 1. The number of rotatable bonds is 3. The molecule has 2 heterocycles. The smallest absolute Gasteiger partial charge is 0.340 e. The van der Waals surface area contributed by atoms with E-state index >= 15 is 0 Å². The molecular weight excluding hydrogens is 304 g/mol. The summed E-state index contributed by atoms with van der Waals surface area (Å²) in [6.45, 7) is 0. The number of nitrogens with zero attached hydrogens (tertiary/aromatic N) is 1. The molecule has 0 aliphatic heterocycles. The molecule has 6 heteroatoms. The van der Waals surface area contributed by atoms with Gasteiger partial charge in [-0.3, -0.25) is 0 Å². The fourth-order valence-corrected chi connectivity index (χ4v) is 2.95. The van der Waals surface area contributed by atoms with Crippen LogP contribution >= 0.6 is 27.3 Å². The van der Waals surface area contributed by atoms with E-state index in [-0.39, 0.29) is 5.56 Å². The van der Waals surface area contributed by atoms with E-state index in [9.17, 15) is 9.90 Å². The summed E-state index contributed by atoms with van der Waals surface area (Å²) >= 11 is 4.86. The van der Waals surface area contributed by atoms with Crippen molar-refractivity contribution in [2.45, 2.75) is 0 Å². The average Bonchev–Trinajstić information content (AvgIpc) is 2.74. The quantitative estimate of drug-likeness (QED) is 0.912. The van der Waals surface area contributed by atoms with Gasteiger partial charge in [-0.1, -0.05) is 0 Å². The highest BCUT2D eigenvalue weighted by Crippen LogP contribution is 2.35. The molecule has 0 spiro atoms. The second-order valence-corrected chi connectivity index (χ2v) is 5.70. The van der Waals surface area contributed by atoms with Gasteiger partial charge in [-0.05, 0) is 34.1 Å². The molecule has 0 aromatic carbocycles. The third-order valence-electron chi connectivity index (χ3n) is 2.24. The predicted octanol–water partition coefficient (Wildman–Crippen LogP) is 3.31. The first kappa shape index (κ1) is 12.1. The van der Waals surface area contributed by atoms with Crippen molar-refractivity contribution < 1.29 is 9.90 Å². The van der Waals surface area contributed by atoms with Gasteiger partial charge in [0.05, 0.1) is 3.79 Å². The standard InChI is InChI=1S/C11H9BrN2O2S/c1-13-10-9(11(15)16)6(4-5-14-10)7-2-3-8(12)17-7/h2-5H,1H3,(H,13,14)(H,15,16). The number of aromatic nitrogens is 1. The topological polar surface area (TPSA) is 62.2 Å². The van der Waals surface area contributed by atoms with Crippen molar-refractivity contribution in [3.63, 3.8) is 0 Å². The van der Waals surface area contributed by atoms with Gasteiger partial charge in [0, 0.05) is 23.7 Å². The number of aromatic carboxylic acids is 1. The summed E-state index contributed by atoms with van der Waals surface area (Å²) in [4.78, 5) is 16.2. The van der Waals surface area contributed by atoms with Crippen LogP contribution in [0.2, 0.25) is 0 Å². The maximum atomic E-state index is 11.3. The van der Waals surface area contributed by atoms with Crippen LogP contribution in [0, 0.1) is 0 Å². The number of hydrogen-bond donors (Lipinski definition) is 2. The van der Waals surface area contributed by atoms with E-state index in [0.717, 1.165) is 8.66 Å². The third kappa shape index (κ3) is 2.32. The van der Waals surface area contributed by atoms with Crippen LogP contribution in [-0.4, -0.2) is 23.1 Å². The van der Waals surface area contributed by atoms with E-state index in [1.54, 1.807) is 19.3 Å². The van der Waals surface area contributed by atoms with Crippen LogP contribution in [0.15, 0.2) is 28.2 Å². The monoisotopic (exact) mass is 312 g/mol. The summed E-state index contributed by atoms with van der Waals surface area (Å²) in [5.74, 6) is -0.610. The summed E-state index contributed by atoms with van der Waals surface area (Å²) in [5, 5.41) is 12.1. The highest BCUT2D eigenvalue weighted by atomic mass is 79.9. The summed E-state index contributed by atoms with van der Waals surface area (Å²) in [5.41, 5.74) is 0.872. The Bertz CT molecular complexity index is 568. The van der Waals surface area contributed by atoms with E-state index in [0.29, 0.717) is 11.4 Å². The van der Waals surface area contributed by atoms with Gasteiger partial charge in [0.2, 0.25) is 0 Å². The van der Waals surface area contributed by atoms with E-state index < -0.39 is 5.97 Å². The van der Waals surface area contributed by atoms with Crippen molar-refractivity contribution in [2.75, 3.05) is 12.4 Å². The van der Waals surface area contributed by atoms with Crippen LogP contribution in [0.1, 0.15) is 10.4 Å². The Morgan fingerprint density at radius 2 is 2.24 bits per heavy atom. The maximum absolute atomic E-state index is 11.3. The number of halogens is 1. The van der Waals surface area contributed by atoms with E-state index in [4.69, 9.17) is 0 Å². The molecule has 2 N–H and O–H groups in total. The lowest BCUT2D eigenvalue weighted by Gasteiger charge is -2.08. The van der Waals surface area contributed by atoms with Gasteiger partial charge in [-0.25, -0.2) is 9.78 Å². The molecule has 4 nitrogen and oxygen atoms in total. The van der Waals surface area contributed by atoms with Crippen molar-refractivity contribution in [1.82, 2.24) is 4.98 Å². The van der Waals surface area contributed by atoms with Crippen LogP contribution < -0.4 is 5.32 Å². The lowest BCUT2D eigenvalue weighted by molar-refractivity contribution is 0.0698. The Morgan fingerprint density at radius 1 is 1.47 bits per heavy atom. The summed E-state index contributed by atoms with van der Waals surface area (Å²) in [7, 11) is 1.66. The molecule has 88 valence electrons. The molecular formula is C11H9BrN2O2S. The van der Waals surface area contributed by atoms with E-state index in [2.05, 4.69) is 26.2 Å². The third-order valence-corrected chi connectivity index (χ3v) is 3.90. The zero-order valence-electron chi connectivity index (χ0n) is 8.90. The molecule has 0 aliphatic rings. The molecule has 2 aromatic heterocycles. The highest BCUT2D eigenvalue weighted by molar-refractivity contribution is 9.11. The second kappa shape index (κ2) is 4.85. The van der Waals surface area contributed by atoms with Gasteiger partial charge in [-0.15, -0.1) is 11.3 Å². The van der Waals surface area contributed by atoms with Crippen molar-refractivity contribution in [1.29, 1.82) is 0 Å². The second-order valence-electron chi connectivity index (χ2n) is 3.24. The predicted molar refractivity (Wildman–Crippen MR) is 71.8 cm³/mol. The van der Waals surface area contributed by atoms with Crippen molar-refractivity contribution in [3.8, 4) is 10.4 Å². The molecule has 0 saturated heterocycles. The van der Waals surface area contributed by atoms with Gasteiger partial charge in [0.1, 0.15) is 11.4 Å². The van der Waals surface area contributed by atoms with Gasteiger partial charge >= 0.3 is 5.97 Å². The SMILES string of the molecule is CNc1nccc(-c2ccc(Br)s2)c1C(=O)O. The number of carbonyl (C=O) groups is 1. The van der Waals surface area contributed by atoms with Crippen LogP contribution in [0.3, 0.4) is 0 Å². The molecule has 0 amide bonds. The van der Waals surface area contributed by atoms with Gasteiger partial charge < -0.3 is 10.4 Å². The van der Waals surface area contributed by atoms with Gasteiger partial charge in [-0.2, -0.15) is 0 Å². The zero-order valence-corrected chi connectivity index (χ0v) is 11.3. The number of thiophene rings is 1. The Hall–Kier alpha value is -1.40. The van der Waals surface area contributed by atoms with Crippen molar-refractivity contribution in [2.24, 2.45) is 0 Å². The lowest BCUT2D eigenvalue weighted by atomic mass is 10.1. The van der Waals surface area contributed by atoms with E-state index in [1.807, 2.05) is 12.1 Å². The van der Waals surface area contributed by atoms with Crippen molar-refractivity contribution >= 4 is 39.1 Å². The highest BCUT2D eigenvalue weighted by Gasteiger charge is 2.18. The minimum Gasteiger partial charge on any atom is -0.478 e. The summed E-state index contributed by atoms with van der Waals surface area (Å²) < 4.78 is 0.964. The largest absolute Gasteiger partial charge is 0.478 e. The van der Waals surface area contributed by atoms with Crippen LogP contribution in [-0.2, 0) is 0 Å². The first-order valence-corrected chi connectivity index (χ1v) is 6.40. The van der Waals surface area contributed by atoms with Crippen LogP contribution in [0.25, 0.3) is 10.4 Å². The minimum atomic E-state index is -0.984. The van der Waals surface area contributed by atoms with Crippen molar-refractivity contribution in [3.05, 3.63) is 33.7 Å². The van der Waals surface area contributed by atoms with Gasteiger partial charge in [0.25, 0.3) is 0 Å². The first-order valence-electron chi connectivity index (χ1n) is 4.79. The Morgan fingerprint density at radius 3 is 2.76 bits per heavy atom. The van der Waals surface area contributed by atoms with Crippen LogP contribution in [0.4, 0.5) is 5.82 Å². The van der Waals surface area contributed by atoms with Crippen LogP contribution in [0.5, 0.6) is 0 Å². The molecule has 2 aromatic rings. The number of pyridine rings is 1. The maximum Gasteiger partial charge on any atom is 0.340 e. The average molecular weight is 313 g/mol. The zero-order chi connectivity index (χ0) is 12.4. The number of anilines is 1. The first-order chi connectivity index (χ1) is 8.13. The summed E-state index contributed by atoms with van der Waals surface area (Å²) in [6.07, 6.45) is 1.60. The molecule has 17 heavy (non-hydrogen) atoms. The minimum absolute atomic E-state index is 0.198. The Balaban J connectivity index is 2.65. The molecule has 0 saturated carbocycles. The Labute approximate surface area is 110 Å². The fourth-order valence-electron chi connectivity index (χ4n) is 1.53. The molecule has 0 atom stereocenters.